The van der Waals surface area contributed by atoms with Crippen LogP contribution in [0.15, 0.2) is 42.6 Å². The maximum Gasteiger partial charge on any atom is 0.174 e. The Morgan fingerprint density at radius 1 is 1.21 bits per heavy atom. The van der Waals surface area contributed by atoms with Crippen molar-refractivity contribution in [3.63, 3.8) is 0 Å². The first-order valence-electron chi connectivity index (χ1n) is 4.61. The second-order valence-corrected chi connectivity index (χ2v) is 3.63. The molecule has 0 amide bonds. The number of aliphatic hydroxyl groups is 1. The zero-order valence-electron chi connectivity index (χ0n) is 8.38. The van der Waals surface area contributed by atoms with E-state index in [4.69, 9.17) is 0 Å². The van der Waals surface area contributed by atoms with E-state index >= 15 is 0 Å². The van der Waals surface area contributed by atoms with Gasteiger partial charge in [0.2, 0.25) is 0 Å². The Hall–Kier alpha value is -1.48. The number of benzene rings is 1. The summed E-state index contributed by atoms with van der Waals surface area (Å²) in [6.45, 7) is 1.76. The molecule has 74 valence electrons. The first kappa shape index (κ1) is 9.09. The van der Waals surface area contributed by atoms with Crippen LogP contribution in [0.5, 0.6) is 0 Å². The van der Waals surface area contributed by atoms with Gasteiger partial charge in [-0.2, -0.15) is 0 Å². The predicted octanol–water partition coefficient (Wildman–Crippen LogP) is 1.58. The van der Waals surface area contributed by atoms with Gasteiger partial charge in [0.25, 0.3) is 0 Å². The summed E-state index contributed by atoms with van der Waals surface area (Å²) in [7, 11) is 1.91. The minimum atomic E-state index is -0.934. The molecule has 3 heteroatoms. The van der Waals surface area contributed by atoms with Crippen LogP contribution in [0.1, 0.15) is 6.92 Å². The lowest BCUT2D eigenvalue weighted by molar-refractivity contribution is 0.0829. The summed E-state index contributed by atoms with van der Waals surface area (Å²) in [5.74, 6) is 0. The van der Waals surface area contributed by atoms with E-state index in [1.807, 2.05) is 53.6 Å². The molecule has 1 unspecified atom stereocenters. The molecule has 0 saturated heterocycles. The van der Waals surface area contributed by atoms with E-state index in [2.05, 4.69) is 0 Å². The summed E-state index contributed by atoms with van der Waals surface area (Å²) in [5, 5.41) is 13.8. The molecule has 1 N–H and O–H groups in total. The van der Waals surface area contributed by atoms with E-state index in [-0.39, 0.29) is 0 Å². The van der Waals surface area contributed by atoms with Gasteiger partial charge in [-0.25, -0.2) is 0 Å². The highest BCUT2D eigenvalue weighted by atomic mass is 16.3. The highest BCUT2D eigenvalue weighted by Gasteiger charge is 2.33. The van der Waals surface area contributed by atoms with Crippen LogP contribution < -0.4 is 5.01 Å². The Kier molecular flexibility index (Phi) is 1.97. The van der Waals surface area contributed by atoms with Crippen LogP contribution in [0.3, 0.4) is 0 Å². The molecule has 1 aromatic rings. The molecule has 1 heterocycles. The number of para-hydroxylation sites is 1. The van der Waals surface area contributed by atoms with Gasteiger partial charge in [-0.15, -0.1) is 0 Å². The van der Waals surface area contributed by atoms with Crippen LogP contribution in [-0.4, -0.2) is 22.9 Å². The third-order valence-electron chi connectivity index (χ3n) is 2.35. The predicted molar refractivity (Wildman–Crippen MR) is 56.4 cm³/mol. The molecule has 0 aliphatic carbocycles. The second kappa shape index (κ2) is 3.03. The highest BCUT2D eigenvalue weighted by molar-refractivity contribution is 5.49. The summed E-state index contributed by atoms with van der Waals surface area (Å²) >= 11 is 0. The number of rotatable bonds is 1. The largest absolute Gasteiger partial charge is 0.366 e. The summed E-state index contributed by atoms with van der Waals surface area (Å²) in [6, 6.07) is 9.81. The maximum absolute atomic E-state index is 10.1. The molecule has 1 aliphatic rings. The Morgan fingerprint density at radius 3 is 2.36 bits per heavy atom. The summed E-state index contributed by atoms with van der Waals surface area (Å²) in [5.41, 5.74) is 0.0424. The van der Waals surface area contributed by atoms with Crippen molar-refractivity contribution in [3.05, 3.63) is 42.6 Å². The molecule has 0 aromatic heterocycles. The van der Waals surface area contributed by atoms with Crippen molar-refractivity contribution < 1.29 is 5.11 Å². The van der Waals surface area contributed by atoms with Gasteiger partial charge >= 0.3 is 0 Å². The topological polar surface area (TPSA) is 26.7 Å². The van der Waals surface area contributed by atoms with Crippen molar-refractivity contribution in [1.82, 2.24) is 5.01 Å². The van der Waals surface area contributed by atoms with E-state index in [1.165, 1.54) is 0 Å². The third-order valence-corrected chi connectivity index (χ3v) is 2.35. The molecule has 0 bridgehead atoms. The third kappa shape index (κ3) is 1.36. The average molecular weight is 190 g/mol. The molecule has 0 spiro atoms. The van der Waals surface area contributed by atoms with E-state index in [1.54, 1.807) is 13.0 Å². The van der Waals surface area contributed by atoms with Gasteiger partial charge in [0.15, 0.2) is 5.72 Å². The van der Waals surface area contributed by atoms with Crippen molar-refractivity contribution in [1.29, 1.82) is 0 Å². The molecular formula is C11H14N2O. The van der Waals surface area contributed by atoms with Crippen molar-refractivity contribution in [2.45, 2.75) is 12.6 Å². The molecular weight excluding hydrogens is 176 g/mol. The van der Waals surface area contributed by atoms with Gasteiger partial charge in [-0.3, -0.25) is 10.0 Å². The molecule has 1 aliphatic heterocycles. The van der Waals surface area contributed by atoms with Crippen LogP contribution >= 0.6 is 0 Å². The van der Waals surface area contributed by atoms with Gasteiger partial charge < -0.3 is 5.11 Å². The molecule has 0 radical (unpaired) electrons. The normalized spacial score (nSPS) is 25.9. The smallest absolute Gasteiger partial charge is 0.174 e. The zero-order chi connectivity index (χ0) is 10.2. The number of hydrogen-bond donors (Lipinski definition) is 1. The molecule has 0 saturated carbocycles. The van der Waals surface area contributed by atoms with E-state index in [0.29, 0.717) is 0 Å². The fraction of sp³-hybridized carbons (Fsp3) is 0.273. The molecule has 0 fully saturated rings. The number of nitrogens with zero attached hydrogens (tertiary/aromatic N) is 2. The van der Waals surface area contributed by atoms with Crippen molar-refractivity contribution >= 4 is 5.69 Å². The molecule has 1 atom stereocenters. The van der Waals surface area contributed by atoms with Crippen molar-refractivity contribution in [2.75, 3.05) is 12.1 Å². The number of hydrazine groups is 1. The Bertz CT molecular complexity index is 346. The van der Waals surface area contributed by atoms with Crippen LogP contribution in [0.25, 0.3) is 0 Å². The lowest BCUT2D eigenvalue weighted by Gasteiger charge is -2.36. The van der Waals surface area contributed by atoms with Gasteiger partial charge in [-0.05, 0) is 25.1 Å². The number of hydrogen-bond acceptors (Lipinski definition) is 3. The van der Waals surface area contributed by atoms with Crippen molar-refractivity contribution in [3.8, 4) is 0 Å². The van der Waals surface area contributed by atoms with Gasteiger partial charge in [0, 0.05) is 13.2 Å². The first-order chi connectivity index (χ1) is 6.61. The first-order valence-corrected chi connectivity index (χ1v) is 4.61. The van der Waals surface area contributed by atoms with Crippen LogP contribution in [0, 0.1) is 0 Å². The minimum absolute atomic E-state index is 0.934. The maximum atomic E-state index is 10.1. The van der Waals surface area contributed by atoms with Crippen LogP contribution in [-0.2, 0) is 0 Å². The van der Waals surface area contributed by atoms with E-state index < -0.39 is 5.72 Å². The zero-order valence-corrected chi connectivity index (χ0v) is 8.38. The Morgan fingerprint density at radius 2 is 1.86 bits per heavy atom. The molecule has 3 nitrogen and oxygen atoms in total. The molecule has 14 heavy (non-hydrogen) atoms. The lowest BCUT2D eigenvalue weighted by Crippen LogP contribution is -2.47. The van der Waals surface area contributed by atoms with Crippen molar-refractivity contribution in [2.24, 2.45) is 0 Å². The number of anilines is 1. The van der Waals surface area contributed by atoms with Gasteiger partial charge in [-0.1, -0.05) is 18.2 Å². The molecule has 2 rings (SSSR count). The lowest BCUT2D eigenvalue weighted by atomic mass is 10.2. The summed E-state index contributed by atoms with van der Waals surface area (Å²) in [4.78, 5) is 0. The monoisotopic (exact) mass is 190 g/mol. The van der Waals surface area contributed by atoms with E-state index in [0.717, 1.165) is 5.69 Å². The van der Waals surface area contributed by atoms with Gasteiger partial charge in [0.1, 0.15) is 0 Å². The summed E-state index contributed by atoms with van der Waals surface area (Å²) < 4.78 is 0. The van der Waals surface area contributed by atoms with Gasteiger partial charge in [0.05, 0.1) is 5.69 Å². The Balaban J connectivity index is 2.36. The Labute approximate surface area is 83.8 Å². The molecule has 1 aromatic carbocycles. The van der Waals surface area contributed by atoms with E-state index in [9.17, 15) is 5.11 Å². The van der Waals surface area contributed by atoms with Crippen LogP contribution in [0.2, 0.25) is 0 Å². The SMILES string of the molecule is CN1C=CC(C)(O)N1c1ccccc1. The highest BCUT2D eigenvalue weighted by Crippen LogP contribution is 2.28. The second-order valence-electron chi connectivity index (χ2n) is 3.63. The standard InChI is InChI=1S/C11H14N2O/c1-11(14)8-9-12(2)13(11)10-6-4-3-5-7-10/h3-9,14H,1-2H3. The average Bonchev–Trinajstić information content (AvgIpc) is 2.42. The summed E-state index contributed by atoms with van der Waals surface area (Å²) in [6.07, 6.45) is 3.62. The quantitative estimate of drug-likeness (QED) is 0.728. The van der Waals surface area contributed by atoms with Crippen LogP contribution in [0.4, 0.5) is 5.69 Å². The fourth-order valence-corrected chi connectivity index (χ4v) is 1.72. The minimum Gasteiger partial charge on any atom is -0.366 e. The fourth-order valence-electron chi connectivity index (χ4n) is 1.72.